The van der Waals surface area contributed by atoms with E-state index in [0.29, 0.717) is 5.56 Å². The number of amides is 3. The van der Waals surface area contributed by atoms with E-state index >= 15 is 0 Å². The molecule has 0 aliphatic heterocycles. The van der Waals surface area contributed by atoms with Gasteiger partial charge in [0.1, 0.15) is 0 Å². The predicted octanol–water partition coefficient (Wildman–Crippen LogP) is 0.478. The van der Waals surface area contributed by atoms with E-state index in [1.54, 1.807) is 35.1 Å². The minimum absolute atomic E-state index is 0.295. The summed E-state index contributed by atoms with van der Waals surface area (Å²) < 4.78 is 1.75. The maximum atomic E-state index is 12.8. The smallest absolute Gasteiger partial charge is 0.278 e. The third kappa shape index (κ3) is 3.41. The molecule has 0 bridgehead atoms. The summed E-state index contributed by atoms with van der Waals surface area (Å²) in [5, 5.41) is 15.5. The Morgan fingerprint density at radius 2 is 1.78 bits per heavy atom. The van der Waals surface area contributed by atoms with E-state index in [0.717, 1.165) is 21.7 Å². The van der Waals surface area contributed by atoms with Gasteiger partial charge in [-0.05, 0) is 31.5 Å². The summed E-state index contributed by atoms with van der Waals surface area (Å²) in [4.78, 5) is 38.1. The van der Waals surface area contributed by atoms with Gasteiger partial charge in [-0.15, -0.1) is 0 Å². The number of nitrogens with one attached hydrogen (secondary N) is 2. The number of hydrogen-bond acceptors (Lipinski definition) is 5. The van der Waals surface area contributed by atoms with Crippen LogP contribution in [-0.2, 0) is 16.6 Å². The van der Waals surface area contributed by atoms with Crippen molar-refractivity contribution >= 4 is 17.7 Å². The van der Waals surface area contributed by atoms with Crippen molar-refractivity contribution < 1.29 is 19.6 Å². The molecular formula is C18H23N5O4. The lowest BCUT2D eigenvalue weighted by Crippen LogP contribution is -2.64. The summed E-state index contributed by atoms with van der Waals surface area (Å²) in [5.41, 5.74) is 2.64. The fraction of sp³-hybridized carbons (Fsp3) is 0.333. The van der Waals surface area contributed by atoms with Gasteiger partial charge in [0.05, 0.1) is 6.20 Å². The molecule has 0 unspecified atom stereocenters. The highest BCUT2D eigenvalue weighted by atomic mass is 16.5. The first-order chi connectivity index (χ1) is 12.7. The van der Waals surface area contributed by atoms with Crippen molar-refractivity contribution in [2.45, 2.75) is 19.4 Å². The molecule has 0 radical (unpaired) electrons. The second-order valence-corrected chi connectivity index (χ2v) is 6.30. The lowest BCUT2D eigenvalue weighted by atomic mass is 9.96. The van der Waals surface area contributed by atoms with E-state index in [9.17, 15) is 14.4 Å². The summed E-state index contributed by atoms with van der Waals surface area (Å²) in [6, 6.07) is 6.77. The molecule has 0 fully saturated rings. The van der Waals surface area contributed by atoms with Crippen molar-refractivity contribution in [3.8, 4) is 11.1 Å². The zero-order chi connectivity index (χ0) is 20.4. The van der Waals surface area contributed by atoms with Gasteiger partial charge in [0.25, 0.3) is 17.7 Å². The molecule has 1 aromatic carbocycles. The molecule has 27 heavy (non-hydrogen) atoms. The van der Waals surface area contributed by atoms with Crippen LogP contribution in [0.3, 0.4) is 0 Å². The minimum atomic E-state index is -1.92. The summed E-state index contributed by atoms with van der Waals surface area (Å²) in [5.74, 6) is -2.29. The van der Waals surface area contributed by atoms with Crippen LogP contribution in [0.5, 0.6) is 0 Å². The first kappa shape index (κ1) is 20.1. The summed E-state index contributed by atoms with van der Waals surface area (Å²) >= 11 is 0. The maximum Gasteiger partial charge on any atom is 0.278 e. The van der Waals surface area contributed by atoms with Crippen molar-refractivity contribution in [1.82, 2.24) is 25.5 Å². The Balaban J connectivity index is 2.34. The Kier molecular flexibility index (Phi) is 5.65. The molecule has 3 amide bonds. The van der Waals surface area contributed by atoms with E-state index in [2.05, 4.69) is 10.4 Å². The fourth-order valence-electron chi connectivity index (χ4n) is 2.73. The Hall–Kier alpha value is -3.20. The second kappa shape index (κ2) is 7.58. The van der Waals surface area contributed by atoms with Crippen molar-refractivity contribution in [2.75, 3.05) is 14.1 Å². The van der Waals surface area contributed by atoms with Gasteiger partial charge >= 0.3 is 0 Å². The van der Waals surface area contributed by atoms with Gasteiger partial charge in [-0.2, -0.15) is 5.10 Å². The number of aryl methyl sites for hydroxylation is 1. The highest BCUT2D eigenvalue weighted by Gasteiger charge is 2.47. The first-order valence-corrected chi connectivity index (χ1v) is 8.22. The quantitative estimate of drug-likeness (QED) is 0.400. The molecule has 1 aromatic heterocycles. The van der Waals surface area contributed by atoms with Crippen LogP contribution in [-0.4, -0.2) is 57.2 Å². The average Bonchev–Trinajstić information content (AvgIpc) is 3.03. The average molecular weight is 373 g/mol. The number of hydroxylamine groups is 1. The van der Waals surface area contributed by atoms with E-state index in [1.165, 1.54) is 26.5 Å². The SMILES string of the molecule is CNC(=O)[C@@](C)(C(=O)NO)N(C)C(=O)c1ccc(-c2cnn(C)c2C)cc1. The standard InChI is InChI=1S/C18H23N5O4/c1-11-14(10-20-23(11)5)12-6-8-13(9-7-12)15(24)22(4)18(2,16(25)19-3)17(26)21-27/h6-10,27H,1-5H3,(H,19,25)(H,21,26)/t18-/m0/s1. The number of carbonyl (C=O) groups is 3. The third-order valence-corrected chi connectivity index (χ3v) is 4.87. The molecule has 9 nitrogen and oxygen atoms in total. The summed E-state index contributed by atoms with van der Waals surface area (Å²) in [7, 11) is 4.51. The third-order valence-electron chi connectivity index (χ3n) is 4.87. The van der Waals surface area contributed by atoms with Gasteiger partial charge in [0, 0.05) is 38.0 Å². The van der Waals surface area contributed by atoms with Gasteiger partial charge in [-0.25, -0.2) is 5.48 Å². The Morgan fingerprint density at radius 3 is 2.22 bits per heavy atom. The number of nitrogens with zero attached hydrogens (tertiary/aromatic N) is 3. The maximum absolute atomic E-state index is 12.8. The van der Waals surface area contributed by atoms with Crippen LogP contribution in [0.25, 0.3) is 11.1 Å². The molecular weight excluding hydrogens is 350 g/mol. The Bertz CT molecular complexity index is 856. The lowest BCUT2D eigenvalue weighted by Gasteiger charge is -2.34. The molecule has 0 aliphatic rings. The van der Waals surface area contributed by atoms with E-state index < -0.39 is 23.3 Å². The van der Waals surface area contributed by atoms with Crippen LogP contribution < -0.4 is 10.8 Å². The topological polar surface area (TPSA) is 117 Å². The highest BCUT2D eigenvalue weighted by molar-refractivity contribution is 6.12. The predicted molar refractivity (Wildman–Crippen MR) is 97.9 cm³/mol. The molecule has 0 spiro atoms. The number of carbonyl (C=O) groups excluding carboxylic acids is 3. The van der Waals surface area contributed by atoms with Crippen LogP contribution in [0.4, 0.5) is 0 Å². The highest BCUT2D eigenvalue weighted by Crippen LogP contribution is 2.24. The van der Waals surface area contributed by atoms with Gasteiger partial charge in [0.15, 0.2) is 5.54 Å². The monoisotopic (exact) mass is 373 g/mol. The fourth-order valence-corrected chi connectivity index (χ4v) is 2.73. The molecule has 1 heterocycles. The molecule has 0 aliphatic carbocycles. The minimum Gasteiger partial charge on any atom is -0.357 e. The van der Waals surface area contributed by atoms with Crippen molar-refractivity contribution in [2.24, 2.45) is 7.05 Å². The van der Waals surface area contributed by atoms with Gasteiger partial charge in [-0.3, -0.25) is 24.3 Å². The Labute approximate surface area is 156 Å². The molecule has 0 saturated heterocycles. The zero-order valence-electron chi connectivity index (χ0n) is 15.9. The number of aromatic nitrogens is 2. The van der Waals surface area contributed by atoms with Gasteiger partial charge in [-0.1, -0.05) is 12.1 Å². The lowest BCUT2D eigenvalue weighted by molar-refractivity contribution is -0.148. The molecule has 2 rings (SSSR count). The van der Waals surface area contributed by atoms with Crippen LogP contribution in [0, 0.1) is 6.92 Å². The Morgan fingerprint density at radius 1 is 1.19 bits per heavy atom. The number of rotatable bonds is 5. The van der Waals surface area contributed by atoms with Gasteiger partial charge < -0.3 is 10.2 Å². The van der Waals surface area contributed by atoms with Crippen molar-refractivity contribution in [3.05, 3.63) is 41.7 Å². The molecule has 3 N–H and O–H groups in total. The molecule has 0 saturated carbocycles. The van der Waals surface area contributed by atoms with Crippen LogP contribution in [0.1, 0.15) is 23.0 Å². The first-order valence-electron chi connectivity index (χ1n) is 8.22. The zero-order valence-corrected chi connectivity index (χ0v) is 15.9. The van der Waals surface area contributed by atoms with E-state index in [4.69, 9.17) is 5.21 Å². The van der Waals surface area contributed by atoms with Gasteiger partial charge in [0.2, 0.25) is 0 Å². The van der Waals surface area contributed by atoms with Crippen LogP contribution >= 0.6 is 0 Å². The van der Waals surface area contributed by atoms with Crippen LogP contribution in [0.15, 0.2) is 30.5 Å². The van der Waals surface area contributed by atoms with E-state index in [1.807, 2.05) is 14.0 Å². The number of hydrogen-bond donors (Lipinski definition) is 3. The second-order valence-electron chi connectivity index (χ2n) is 6.30. The van der Waals surface area contributed by atoms with Crippen molar-refractivity contribution in [1.29, 1.82) is 0 Å². The largest absolute Gasteiger partial charge is 0.357 e. The number of benzene rings is 1. The molecule has 2 aromatic rings. The molecule has 1 atom stereocenters. The molecule has 9 heteroatoms. The molecule has 144 valence electrons. The van der Waals surface area contributed by atoms with E-state index in [-0.39, 0.29) is 0 Å². The van der Waals surface area contributed by atoms with Crippen molar-refractivity contribution in [3.63, 3.8) is 0 Å². The summed E-state index contributed by atoms with van der Waals surface area (Å²) in [6.07, 6.45) is 1.74. The number of likely N-dealkylation sites (N-methyl/N-ethyl adjacent to an activating group) is 2. The van der Waals surface area contributed by atoms with Crippen LogP contribution in [0.2, 0.25) is 0 Å². The summed E-state index contributed by atoms with van der Waals surface area (Å²) in [6.45, 7) is 3.19. The normalized spacial score (nSPS) is 12.8.